The minimum absolute atomic E-state index is 0.416. The summed E-state index contributed by atoms with van der Waals surface area (Å²) in [6.45, 7) is 1.86. The van der Waals surface area contributed by atoms with E-state index in [2.05, 4.69) is 0 Å². The second kappa shape index (κ2) is 3.59. The molecule has 1 aromatic carbocycles. The van der Waals surface area contributed by atoms with Crippen molar-refractivity contribution in [3.8, 4) is 5.75 Å². The van der Waals surface area contributed by atoms with Gasteiger partial charge in [-0.15, -0.1) is 0 Å². The van der Waals surface area contributed by atoms with Crippen LogP contribution >= 0.6 is 11.6 Å². The summed E-state index contributed by atoms with van der Waals surface area (Å²) in [4.78, 5) is 10.9. The molecule has 1 rings (SSSR count). The van der Waals surface area contributed by atoms with Crippen molar-refractivity contribution < 1.29 is 9.53 Å². The van der Waals surface area contributed by atoms with E-state index in [1.807, 2.05) is 13.0 Å². The first kappa shape index (κ1) is 9.07. The molecule has 0 N–H and O–H groups in total. The van der Waals surface area contributed by atoms with Gasteiger partial charge in [0.2, 0.25) is 0 Å². The van der Waals surface area contributed by atoms with Gasteiger partial charge in [0.15, 0.2) is 0 Å². The van der Waals surface area contributed by atoms with Crippen LogP contribution in [-0.4, -0.2) is 12.4 Å². The van der Waals surface area contributed by atoms with Crippen molar-refractivity contribution in [2.45, 2.75) is 6.92 Å². The largest absolute Gasteiger partial charge is 0.496 e. The number of hydrogen-bond donors (Lipinski definition) is 0. The first-order valence-corrected chi connectivity index (χ1v) is 3.88. The van der Waals surface area contributed by atoms with Gasteiger partial charge >= 0.3 is 0 Å². The van der Waals surface area contributed by atoms with Crippen LogP contribution in [-0.2, 0) is 0 Å². The van der Waals surface area contributed by atoms with Crippen LogP contribution in [0.1, 0.15) is 15.9 Å². The predicted molar refractivity (Wildman–Crippen MR) is 47.9 cm³/mol. The van der Waals surface area contributed by atoms with Gasteiger partial charge in [0, 0.05) is 0 Å². The molecular formula is C9H9ClO2. The molecule has 0 fully saturated rings. The summed E-state index contributed by atoms with van der Waals surface area (Å²) in [5.41, 5.74) is 1.32. The fraction of sp³-hybridized carbons (Fsp3) is 0.222. The Morgan fingerprint density at radius 1 is 1.50 bits per heavy atom. The van der Waals surface area contributed by atoms with Crippen molar-refractivity contribution in [2.24, 2.45) is 0 Å². The van der Waals surface area contributed by atoms with Crippen LogP contribution < -0.4 is 4.74 Å². The topological polar surface area (TPSA) is 26.3 Å². The Hall–Kier alpha value is -1.02. The summed E-state index contributed by atoms with van der Waals surface area (Å²) >= 11 is 5.34. The molecule has 0 saturated carbocycles. The molecule has 0 radical (unpaired) electrons. The molecule has 0 aliphatic rings. The van der Waals surface area contributed by atoms with Crippen molar-refractivity contribution in [1.82, 2.24) is 0 Å². The molecule has 64 valence electrons. The fourth-order valence-corrected chi connectivity index (χ4v) is 1.23. The van der Waals surface area contributed by atoms with Crippen LogP contribution in [0.2, 0.25) is 0 Å². The zero-order valence-corrected chi connectivity index (χ0v) is 7.68. The van der Waals surface area contributed by atoms with E-state index >= 15 is 0 Å². The number of carbonyl (C=O) groups excluding carboxylic acids is 1. The average Bonchev–Trinajstić information content (AvgIpc) is 2.03. The van der Waals surface area contributed by atoms with E-state index < -0.39 is 5.24 Å². The monoisotopic (exact) mass is 184 g/mol. The van der Waals surface area contributed by atoms with Crippen LogP contribution in [0.15, 0.2) is 18.2 Å². The molecule has 0 heterocycles. The number of aryl methyl sites for hydroxylation is 1. The van der Waals surface area contributed by atoms with Crippen molar-refractivity contribution in [3.63, 3.8) is 0 Å². The van der Waals surface area contributed by atoms with Crippen LogP contribution in [0.4, 0.5) is 0 Å². The zero-order chi connectivity index (χ0) is 9.14. The van der Waals surface area contributed by atoms with Crippen molar-refractivity contribution >= 4 is 16.8 Å². The second-order valence-electron chi connectivity index (χ2n) is 2.43. The Morgan fingerprint density at radius 3 is 2.58 bits per heavy atom. The predicted octanol–water partition coefficient (Wildman–Crippen LogP) is 2.38. The maximum atomic E-state index is 10.9. The summed E-state index contributed by atoms with van der Waals surface area (Å²) in [5, 5.41) is -0.490. The van der Waals surface area contributed by atoms with E-state index in [0.29, 0.717) is 11.3 Å². The highest BCUT2D eigenvalue weighted by Crippen LogP contribution is 2.23. The smallest absolute Gasteiger partial charge is 0.256 e. The molecule has 0 unspecified atom stereocenters. The third-order valence-corrected chi connectivity index (χ3v) is 1.83. The molecule has 0 amide bonds. The van der Waals surface area contributed by atoms with E-state index in [1.165, 1.54) is 7.11 Å². The lowest BCUT2D eigenvalue weighted by atomic mass is 10.1. The van der Waals surface area contributed by atoms with Gasteiger partial charge in [-0.3, -0.25) is 4.79 Å². The number of methoxy groups -OCH3 is 1. The minimum Gasteiger partial charge on any atom is -0.496 e. The van der Waals surface area contributed by atoms with Crippen molar-refractivity contribution in [1.29, 1.82) is 0 Å². The molecule has 0 spiro atoms. The van der Waals surface area contributed by atoms with Gasteiger partial charge < -0.3 is 4.74 Å². The lowest BCUT2D eigenvalue weighted by Crippen LogP contribution is -1.96. The zero-order valence-electron chi connectivity index (χ0n) is 6.93. The Labute approximate surface area is 76.1 Å². The number of para-hydroxylation sites is 1. The standard InChI is InChI=1S/C9H9ClO2/c1-6-4-3-5-7(9(10)11)8(6)12-2/h3-5H,1-2H3. The highest BCUT2D eigenvalue weighted by atomic mass is 35.5. The normalized spacial score (nSPS) is 9.58. The number of benzene rings is 1. The Kier molecular flexibility index (Phi) is 2.71. The summed E-state index contributed by atoms with van der Waals surface area (Å²) in [5.74, 6) is 0.553. The van der Waals surface area contributed by atoms with Gasteiger partial charge in [-0.25, -0.2) is 0 Å². The Bertz CT molecular complexity index is 307. The number of rotatable bonds is 2. The van der Waals surface area contributed by atoms with Gasteiger partial charge in [0.05, 0.1) is 12.7 Å². The lowest BCUT2D eigenvalue weighted by Gasteiger charge is -2.06. The molecule has 0 atom stereocenters. The molecule has 0 aromatic heterocycles. The number of halogens is 1. The molecule has 12 heavy (non-hydrogen) atoms. The first-order chi connectivity index (χ1) is 5.66. The van der Waals surface area contributed by atoms with Gasteiger partial charge in [-0.05, 0) is 30.2 Å². The minimum atomic E-state index is -0.490. The molecule has 0 aliphatic heterocycles. The molecular weight excluding hydrogens is 176 g/mol. The quantitative estimate of drug-likeness (QED) is 0.660. The molecule has 3 heteroatoms. The highest BCUT2D eigenvalue weighted by Gasteiger charge is 2.10. The van der Waals surface area contributed by atoms with Crippen LogP contribution in [0.5, 0.6) is 5.75 Å². The van der Waals surface area contributed by atoms with Gasteiger partial charge in [-0.2, -0.15) is 0 Å². The van der Waals surface area contributed by atoms with E-state index in [9.17, 15) is 4.79 Å². The number of ether oxygens (including phenoxy) is 1. The van der Waals surface area contributed by atoms with Crippen LogP contribution in [0.3, 0.4) is 0 Å². The molecule has 0 saturated heterocycles. The molecule has 0 aliphatic carbocycles. The van der Waals surface area contributed by atoms with E-state index in [0.717, 1.165) is 5.56 Å². The maximum absolute atomic E-state index is 10.9. The highest BCUT2D eigenvalue weighted by molar-refractivity contribution is 6.68. The summed E-state index contributed by atoms with van der Waals surface area (Å²) in [7, 11) is 1.52. The SMILES string of the molecule is COc1c(C)cccc1C(=O)Cl. The number of carbonyl (C=O) groups is 1. The van der Waals surface area contributed by atoms with Crippen LogP contribution in [0.25, 0.3) is 0 Å². The third-order valence-electron chi connectivity index (χ3n) is 1.63. The Morgan fingerprint density at radius 2 is 2.17 bits per heavy atom. The average molecular weight is 185 g/mol. The van der Waals surface area contributed by atoms with Gasteiger partial charge in [-0.1, -0.05) is 12.1 Å². The van der Waals surface area contributed by atoms with E-state index in [4.69, 9.17) is 16.3 Å². The fourth-order valence-electron chi connectivity index (χ4n) is 1.08. The second-order valence-corrected chi connectivity index (χ2v) is 2.77. The maximum Gasteiger partial charge on any atom is 0.256 e. The van der Waals surface area contributed by atoms with Crippen molar-refractivity contribution in [2.75, 3.05) is 7.11 Å². The molecule has 2 nitrogen and oxygen atoms in total. The molecule has 1 aromatic rings. The first-order valence-electron chi connectivity index (χ1n) is 3.50. The molecule has 0 bridgehead atoms. The van der Waals surface area contributed by atoms with Crippen molar-refractivity contribution in [3.05, 3.63) is 29.3 Å². The van der Waals surface area contributed by atoms with E-state index in [-0.39, 0.29) is 0 Å². The number of hydrogen-bond acceptors (Lipinski definition) is 2. The van der Waals surface area contributed by atoms with Gasteiger partial charge in [0.25, 0.3) is 5.24 Å². The Balaban J connectivity index is 3.27. The van der Waals surface area contributed by atoms with Crippen LogP contribution in [0, 0.1) is 6.92 Å². The lowest BCUT2D eigenvalue weighted by molar-refractivity contribution is 0.107. The summed E-state index contributed by atoms with van der Waals surface area (Å²) in [6, 6.07) is 5.27. The summed E-state index contributed by atoms with van der Waals surface area (Å²) in [6.07, 6.45) is 0. The third kappa shape index (κ3) is 1.59. The van der Waals surface area contributed by atoms with E-state index in [1.54, 1.807) is 12.1 Å². The van der Waals surface area contributed by atoms with Gasteiger partial charge in [0.1, 0.15) is 5.75 Å². The summed E-state index contributed by atoms with van der Waals surface area (Å²) < 4.78 is 5.03.